The molecule has 0 aromatic heterocycles. The Hall–Kier alpha value is -1.53. The number of allylic oxidation sites excluding steroid dienone is 2. The van der Waals surface area contributed by atoms with Crippen LogP contribution in [-0.2, 0) is 0 Å². The van der Waals surface area contributed by atoms with E-state index < -0.39 is 0 Å². The first kappa shape index (κ1) is 15.5. The fraction of sp³-hybridized carbons (Fsp3) is 0.500. The third kappa shape index (κ3) is 7.37. The molecule has 0 aliphatic rings. The predicted octanol–water partition coefficient (Wildman–Crippen LogP) is 2.39. The summed E-state index contributed by atoms with van der Waals surface area (Å²) < 4.78 is 0. The van der Waals surface area contributed by atoms with Crippen molar-refractivity contribution in [3.8, 4) is 12.3 Å². The molecule has 3 heteroatoms. The van der Waals surface area contributed by atoms with E-state index in [-0.39, 0.29) is 6.04 Å². The molecule has 0 aliphatic carbocycles. The van der Waals surface area contributed by atoms with Crippen LogP contribution in [0.25, 0.3) is 0 Å². The van der Waals surface area contributed by atoms with Crippen molar-refractivity contribution in [3.63, 3.8) is 0 Å². The van der Waals surface area contributed by atoms with E-state index in [0.29, 0.717) is 6.54 Å². The van der Waals surface area contributed by atoms with Gasteiger partial charge in [0, 0.05) is 25.9 Å². The SMILES string of the molecule is C#CC/N=C\CC(/C=C\C)N(C=CCC)NC. The lowest BCUT2D eigenvalue weighted by Gasteiger charge is -2.26. The van der Waals surface area contributed by atoms with Crippen LogP contribution in [0.1, 0.15) is 26.7 Å². The van der Waals surface area contributed by atoms with Crippen LogP contribution in [0.15, 0.2) is 29.4 Å². The fourth-order valence-corrected chi connectivity index (χ4v) is 1.38. The van der Waals surface area contributed by atoms with Gasteiger partial charge < -0.3 is 5.01 Å². The van der Waals surface area contributed by atoms with Gasteiger partial charge in [0.25, 0.3) is 0 Å². The predicted molar refractivity (Wildman–Crippen MR) is 75.7 cm³/mol. The molecule has 0 aliphatic heterocycles. The van der Waals surface area contributed by atoms with Crippen LogP contribution in [0, 0.1) is 12.3 Å². The Morgan fingerprint density at radius 3 is 2.82 bits per heavy atom. The van der Waals surface area contributed by atoms with E-state index in [1.165, 1.54) is 0 Å². The summed E-state index contributed by atoms with van der Waals surface area (Å²) in [5, 5.41) is 2.06. The van der Waals surface area contributed by atoms with E-state index in [1.807, 2.05) is 26.3 Å². The number of nitrogens with one attached hydrogen (secondary N) is 1. The smallest absolute Gasteiger partial charge is 0.0990 e. The average molecular weight is 233 g/mol. The van der Waals surface area contributed by atoms with E-state index >= 15 is 0 Å². The summed E-state index contributed by atoms with van der Waals surface area (Å²) in [6.45, 7) is 4.58. The normalized spacial score (nSPS) is 13.5. The minimum Gasteiger partial charge on any atom is -0.309 e. The van der Waals surface area contributed by atoms with Crippen molar-refractivity contribution in [1.82, 2.24) is 10.4 Å². The quantitative estimate of drug-likeness (QED) is 0.302. The van der Waals surface area contributed by atoms with Gasteiger partial charge in [-0.3, -0.25) is 4.99 Å². The highest BCUT2D eigenvalue weighted by molar-refractivity contribution is 5.58. The number of hydrogen-bond acceptors (Lipinski definition) is 3. The molecule has 0 fully saturated rings. The number of hydrogen-bond donors (Lipinski definition) is 1. The Bertz CT molecular complexity index is 297. The summed E-state index contributed by atoms with van der Waals surface area (Å²) in [5.41, 5.74) is 3.16. The van der Waals surface area contributed by atoms with Gasteiger partial charge in [0.15, 0.2) is 0 Å². The van der Waals surface area contributed by atoms with E-state index in [0.717, 1.165) is 12.8 Å². The minimum absolute atomic E-state index is 0.259. The van der Waals surface area contributed by atoms with Crippen LogP contribution in [0.5, 0.6) is 0 Å². The molecule has 94 valence electrons. The molecule has 3 nitrogen and oxygen atoms in total. The van der Waals surface area contributed by atoms with Gasteiger partial charge >= 0.3 is 0 Å². The van der Waals surface area contributed by atoms with Crippen LogP contribution < -0.4 is 5.43 Å². The van der Waals surface area contributed by atoms with Gasteiger partial charge in [-0.15, -0.1) is 6.42 Å². The lowest BCUT2D eigenvalue weighted by molar-refractivity contribution is 0.254. The zero-order valence-electron chi connectivity index (χ0n) is 11.1. The molecule has 0 saturated carbocycles. The maximum atomic E-state index is 5.14. The standard InChI is InChI=1S/C14H23N3/c1-5-8-13-17(15-4)14(9-6-2)10-12-16-11-7-3/h3,6,8-9,12-15H,5,10-11H2,1-2,4H3/b9-6-,13-8?,16-12-. The van der Waals surface area contributed by atoms with Crippen molar-refractivity contribution in [2.75, 3.05) is 13.6 Å². The van der Waals surface area contributed by atoms with Gasteiger partial charge in [0.05, 0.1) is 12.6 Å². The topological polar surface area (TPSA) is 27.6 Å². The number of aliphatic imine (C=N–C) groups is 1. The van der Waals surface area contributed by atoms with Crippen molar-refractivity contribution in [2.45, 2.75) is 32.7 Å². The lowest BCUT2D eigenvalue weighted by Crippen LogP contribution is -2.38. The van der Waals surface area contributed by atoms with Crippen molar-refractivity contribution < 1.29 is 0 Å². The van der Waals surface area contributed by atoms with E-state index in [4.69, 9.17) is 6.42 Å². The first-order valence-electron chi connectivity index (χ1n) is 5.97. The summed E-state index contributed by atoms with van der Waals surface area (Å²) >= 11 is 0. The Labute approximate surface area is 105 Å². The Morgan fingerprint density at radius 1 is 1.53 bits per heavy atom. The second kappa shape index (κ2) is 11.0. The molecule has 0 rings (SSSR count). The lowest BCUT2D eigenvalue weighted by atomic mass is 10.2. The Kier molecular flexibility index (Phi) is 9.98. The van der Waals surface area contributed by atoms with Crippen LogP contribution in [-0.4, -0.2) is 30.9 Å². The molecule has 17 heavy (non-hydrogen) atoms. The summed E-state index contributed by atoms with van der Waals surface area (Å²) in [6, 6.07) is 0.259. The molecule has 0 heterocycles. The zero-order chi connectivity index (χ0) is 12.9. The Morgan fingerprint density at radius 2 is 2.29 bits per heavy atom. The molecule has 1 N–H and O–H groups in total. The maximum Gasteiger partial charge on any atom is 0.0990 e. The molecular formula is C14H23N3. The largest absolute Gasteiger partial charge is 0.309 e. The van der Waals surface area contributed by atoms with Gasteiger partial charge in [0.2, 0.25) is 0 Å². The second-order valence-corrected chi connectivity index (χ2v) is 3.48. The highest BCUT2D eigenvalue weighted by Gasteiger charge is 2.08. The molecule has 0 radical (unpaired) electrons. The van der Waals surface area contributed by atoms with E-state index in [1.54, 1.807) is 0 Å². The third-order valence-electron chi connectivity index (χ3n) is 2.19. The molecule has 0 spiro atoms. The first-order chi connectivity index (χ1) is 8.29. The highest BCUT2D eigenvalue weighted by atomic mass is 15.5. The number of rotatable bonds is 8. The highest BCUT2D eigenvalue weighted by Crippen LogP contribution is 2.03. The van der Waals surface area contributed by atoms with Crippen molar-refractivity contribution in [2.24, 2.45) is 4.99 Å². The fourth-order valence-electron chi connectivity index (χ4n) is 1.38. The van der Waals surface area contributed by atoms with Crippen molar-refractivity contribution >= 4 is 6.21 Å². The molecule has 0 amide bonds. The van der Waals surface area contributed by atoms with Crippen molar-refractivity contribution in [3.05, 3.63) is 24.4 Å². The van der Waals surface area contributed by atoms with Crippen LogP contribution in [0.4, 0.5) is 0 Å². The van der Waals surface area contributed by atoms with Crippen LogP contribution in [0.3, 0.4) is 0 Å². The van der Waals surface area contributed by atoms with E-state index in [2.05, 4.69) is 46.6 Å². The Balaban J connectivity index is 4.47. The summed E-state index contributed by atoms with van der Waals surface area (Å²) in [5.74, 6) is 2.49. The summed E-state index contributed by atoms with van der Waals surface area (Å²) in [7, 11) is 1.91. The van der Waals surface area contributed by atoms with Crippen molar-refractivity contribution in [1.29, 1.82) is 0 Å². The van der Waals surface area contributed by atoms with Gasteiger partial charge in [-0.25, -0.2) is 5.43 Å². The second-order valence-electron chi connectivity index (χ2n) is 3.48. The summed E-state index contributed by atoms with van der Waals surface area (Å²) in [6.07, 6.45) is 17.2. The minimum atomic E-state index is 0.259. The third-order valence-corrected chi connectivity index (χ3v) is 2.19. The number of hydrazine groups is 1. The number of terminal acetylenes is 1. The molecular weight excluding hydrogens is 210 g/mol. The molecule has 1 atom stereocenters. The maximum absolute atomic E-state index is 5.14. The molecule has 0 bridgehead atoms. The van der Waals surface area contributed by atoms with Crippen LogP contribution in [0.2, 0.25) is 0 Å². The molecule has 0 saturated heterocycles. The summed E-state index contributed by atoms with van der Waals surface area (Å²) in [4.78, 5) is 4.14. The first-order valence-corrected chi connectivity index (χ1v) is 5.97. The van der Waals surface area contributed by atoms with Gasteiger partial charge in [0.1, 0.15) is 0 Å². The van der Waals surface area contributed by atoms with Gasteiger partial charge in [-0.2, -0.15) is 0 Å². The molecule has 1 unspecified atom stereocenters. The number of nitrogens with zero attached hydrogens (tertiary/aromatic N) is 2. The van der Waals surface area contributed by atoms with Gasteiger partial charge in [-0.05, 0) is 13.3 Å². The molecule has 0 aromatic rings. The molecule has 0 aromatic carbocycles. The van der Waals surface area contributed by atoms with E-state index in [9.17, 15) is 0 Å². The van der Waals surface area contributed by atoms with Crippen LogP contribution >= 0.6 is 0 Å². The van der Waals surface area contributed by atoms with Gasteiger partial charge in [-0.1, -0.05) is 31.1 Å². The monoisotopic (exact) mass is 233 g/mol. The average Bonchev–Trinajstić information content (AvgIpc) is 2.35. The zero-order valence-corrected chi connectivity index (χ0v) is 11.1.